The summed E-state index contributed by atoms with van der Waals surface area (Å²) in [6.07, 6.45) is 3.78. The van der Waals surface area contributed by atoms with Crippen molar-refractivity contribution in [3.05, 3.63) is 59.3 Å². The van der Waals surface area contributed by atoms with E-state index >= 15 is 0 Å². The van der Waals surface area contributed by atoms with Gasteiger partial charge in [-0.1, -0.05) is 62.7 Å². The van der Waals surface area contributed by atoms with E-state index in [1.54, 1.807) is 6.20 Å². The molecule has 3 rings (SSSR count). The van der Waals surface area contributed by atoms with Gasteiger partial charge in [0.05, 0.1) is 12.7 Å². The highest BCUT2D eigenvalue weighted by molar-refractivity contribution is 6.31. The third-order valence-electron chi connectivity index (χ3n) is 3.46. The fourth-order valence-corrected chi connectivity index (χ4v) is 2.48. The average Bonchev–Trinajstić information content (AvgIpc) is 3.06. The topological polar surface area (TPSA) is 46.5 Å². The lowest BCUT2D eigenvalue weighted by Crippen LogP contribution is -2.13. The maximum absolute atomic E-state index is 6.30. The van der Waals surface area contributed by atoms with Crippen LogP contribution in [0.1, 0.15) is 32.2 Å². The predicted molar refractivity (Wildman–Crippen MR) is 89.1 cm³/mol. The Kier molecular flexibility index (Phi) is 3.79. The molecule has 0 aliphatic carbocycles. The van der Waals surface area contributed by atoms with Crippen molar-refractivity contribution in [1.82, 2.24) is 19.7 Å². The van der Waals surface area contributed by atoms with Crippen molar-refractivity contribution in [2.45, 2.75) is 32.7 Å². The van der Waals surface area contributed by atoms with Crippen LogP contribution in [0, 0.1) is 0 Å². The Balaban J connectivity index is 1.86. The third kappa shape index (κ3) is 3.07. The molecule has 5 heteroatoms. The maximum atomic E-state index is 6.30. The first-order chi connectivity index (χ1) is 10.4. The second kappa shape index (κ2) is 5.61. The Bertz CT molecular complexity index is 766. The van der Waals surface area contributed by atoms with Crippen molar-refractivity contribution in [3.63, 3.8) is 0 Å². The van der Waals surface area contributed by atoms with Gasteiger partial charge >= 0.3 is 0 Å². The van der Waals surface area contributed by atoms with Crippen LogP contribution in [0.3, 0.4) is 0 Å². The number of aromatic amines is 1. The second-order valence-electron chi connectivity index (χ2n) is 6.41. The highest BCUT2D eigenvalue weighted by atomic mass is 35.5. The lowest BCUT2D eigenvalue weighted by Gasteiger charge is -2.13. The molecular weight excluding hydrogens is 296 g/mol. The van der Waals surface area contributed by atoms with Crippen molar-refractivity contribution in [2.24, 2.45) is 0 Å². The zero-order chi connectivity index (χ0) is 15.7. The predicted octanol–water partition coefficient (Wildman–Crippen LogP) is 4.27. The average molecular weight is 315 g/mol. The van der Waals surface area contributed by atoms with E-state index < -0.39 is 0 Å². The normalized spacial score (nSPS) is 11.8. The molecule has 0 fully saturated rings. The van der Waals surface area contributed by atoms with Gasteiger partial charge in [-0.05, 0) is 5.56 Å². The standard InChI is InChI=1S/C17H19ClN4/c1-17(2,3)16-20-14(15(18)21-16)13-9-19-22(11-13)10-12-7-5-4-6-8-12/h4-9,11H,10H2,1-3H3,(H,20,21). The second-order valence-corrected chi connectivity index (χ2v) is 6.79. The zero-order valence-corrected chi connectivity index (χ0v) is 13.7. The van der Waals surface area contributed by atoms with Crippen molar-refractivity contribution in [3.8, 4) is 11.3 Å². The summed E-state index contributed by atoms with van der Waals surface area (Å²) in [6.45, 7) is 7.04. The van der Waals surface area contributed by atoms with Crippen molar-refractivity contribution in [2.75, 3.05) is 0 Å². The SMILES string of the molecule is CC(C)(C)c1nc(-c2cnn(Cc3ccccc3)c2)c(Cl)[nH]1. The van der Waals surface area contributed by atoms with Crippen LogP contribution < -0.4 is 0 Å². The number of rotatable bonds is 3. The number of halogens is 1. The molecule has 2 aromatic heterocycles. The van der Waals surface area contributed by atoms with E-state index in [4.69, 9.17) is 11.6 Å². The molecule has 1 N–H and O–H groups in total. The Morgan fingerprint density at radius 2 is 1.91 bits per heavy atom. The van der Waals surface area contributed by atoms with Gasteiger partial charge in [-0.3, -0.25) is 4.68 Å². The summed E-state index contributed by atoms with van der Waals surface area (Å²) in [6, 6.07) is 10.2. The number of nitrogens with one attached hydrogen (secondary N) is 1. The first kappa shape index (κ1) is 14.9. The fraction of sp³-hybridized carbons (Fsp3) is 0.294. The molecule has 0 aliphatic rings. The minimum absolute atomic E-state index is 0.0675. The van der Waals surface area contributed by atoms with Crippen molar-refractivity contribution < 1.29 is 0 Å². The van der Waals surface area contributed by atoms with E-state index in [0.29, 0.717) is 5.15 Å². The Morgan fingerprint density at radius 1 is 1.18 bits per heavy atom. The lowest BCUT2D eigenvalue weighted by molar-refractivity contribution is 0.553. The molecule has 0 radical (unpaired) electrons. The van der Waals surface area contributed by atoms with Gasteiger partial charge in [-0.15, -0.1) is 0 Å². The first-order valence-corrected chi connectivity index (χ1v) is 7.64. The van der Waals surface area contributed by atoms with Crippen LogP contribution in [0.2, 0.25) is 5.15 Å². The minimum atomic E-state index is -0.0675. The van der Waals surface area contributed by atoms with Gasteiger partial charge in [-0.25, -0.2) is 4.98 Å². The molecule has 114 valence electrons. The van der Waals surface area contributed by atoms with Gasteiger partial charge in [0.15, 0.2) is 0 Å². The van der Waals surface area contributed by atoms with Crippen molar-refractivity contribution in [1.29, 1.82) is 0 Å². The number of aromatic nitrogens is 4. The van der Waals surface area contributed by atoms with E-state index in [-0.39, 0.29) is 5.41 Å². The van der Waals surface area contributed by atoms with Crippen LogP contribution in [-0.4, -0.2) is 19.7 Å². The summed E-state index contributed by atoms with van der Waals surface area (Å²) in [5.41, 5.74) is 2.82. The van der Waals surface area contributed by atoms with Crippen LogP contribution in [-0.2, 0) is 12.0 Å². The largest absolute Gasteiger partial charge is 0.332 e. The molecule has 1 aromatic carbocycles. The van der Waals surface area contributed by atoms with Gasteiger partial charge in [-0.2, -0.15) is 5.10 Å². The lowest BCUT2D eigenvalue weighted by atomic mass is 9.96. The van der Waals surface area contributed by atoms with Gasteiger partial charge in [0, 0.05) is 17.2 Å². The number of H-pyrrole nitrogens is 1. The van der Waals surface area contributed by atoms with Crippen LogP contribution in [0.5, 0.6) is 0 Å². The molecule has 4 nitrogen and oxygen atoms in total. The van der Waals surface area contributed by atoms with Gasteiger partial charge in [0.2, 0.25) is 0 Å². The number of benzene rings is 1. The van der Waals surface area contributed by atoms with E-state index in [2.05, 4.69) is 48.0 Å². The number of nitrogens with zero attached hydrogens (tertiary/aromatic N) is 3. The van der Waals surface area contributed by atoms with Crippen LogP contribution in [0.25, 0.3) is 11.3 Å². The summed E-state index contributed by atoms with van der Waals surface area (Å²) >= 11 is 6.30. The summed E-state index contributed by atoms with van der Waals surface area (Å²) < 4.78 is 1.90. The third-order valence-corrected chi connectivity index (χ3v) is 3.74. The fourth-order valence-electron chi connectivity index (χ4n) is 2.24. The first-order valence-electron chi connectivity index (χ1n) is 7.26. The van der Waals surface area contributed by atoms with Gasteiger partial charge in [0.1, 0.15) is 16.7 Å². The summed E-state index contributed by atoms with van der Waals surface area (Å²) in [7, 11) is 0. The highest BCUT2D eigenvalue weighted by Gasteiger charge is 2.21. The molecule has 2 heterocycles. The number of imidazole rings is 1. The smallest absolute Gasteiger partial charge is 0.134 e. The van der Waals surface area contributed by atoms with Crippen molar-refractivity contribution >= 4 is 11.6 Å². The Morgan fingerprint density at radius 3 is 2.55 bits per heavy atom. The molecule has 0 amide bonds. The number of hydrogen-bond donors (Lipinski definition) is 1. The highest BCUT2D eigenvalue weighted by Crippen LogP contribution is 2.29. The summed E-state index contributed by atoms with van der Waals surface area (Å²) in [4.78, 5) is 7.79. The monoisotopic (exact) mass is 314 g/mol. The zero-order valence-electron chi connectivity index (χ0n) is 13.0. The molecule has 0 bridgehead atoms. The summed E-state index contributed by atoms with van der Waals surface area (Å²) in [5, 5.41) is 4.96. The molecule has 0 spiro atoms. The van der Waals surface area contributed by atoms with Crippen LogP contribution in [0.15, 0.2) is 42.7 Å². The van der Waals surface area contributed by atoms with E-state index in [9.17, 15) is 0 Å². The molecule has 0 aliphatic heterocycles. The Labute approximate surface area is 135 Å². The van der Waals surface area contributed by atoms with Crippen LogP contribution >= 0.6 is 11.6 Å². The quantitative estimate of drug-likeness (QED) is 0.784. The molecule has 3 aromatic rings. The van der Waals surface area contributed by atoms with Gasteiger partial charge in [0.25, 0.3) is 0 Å². The molecule has 0 unspecified atom stereocenters. The molecule has 22 heavy (non-hydrogen) atoms. The Hall–Kier alpha value is -2.07. The molecule has 0 saturated heterocycles. The van der Waals surface area contributed by atoms with Crippen LogP contribution in [0.4, 0.5) is 0 Å². The van der Waals surface area contributed by atoms with Gasteiger partial charge < -0.3 is 4.98 Å². The minimum Gasteiger partial charge on any atom is -0.332 e. The van der Waals surface area contributed by atoms with E-state index in [1.807, 2.05) is 29.1 Å². The summed E-state index contributed by atoms with van der Waals surface area (Å²) in [5.74, 6) is 0.878. The maximum Gasteiger partial charge on any atom is 0.134 e. The molecular formula is C17H19ClN4. The van der Waals surface area contributed by atoms with E-state index in [1.165, 1.54) is 5.56 Å². The molecule has 0 atom stereocenters. The molecule has 0 saturated carbocycles. The number of hydrogen-bond acceptors (Lipinski definition) is 2. The van der Waals surface area contributed by atoms with E-state index in [0.717, 1.165) is 23.6 Å².